The minimum absolute atomic E-state index is 0.0738. The van der Waals surface area contributed by atoms with Gasteiger partial charge in [-0.2, -0.15) is 0 Å². The van der Waals surface area contributed by atoms with Gasteiger partial charge in [0.05, 0.1) is 44.9 Å². The van der Waals surface area contributed by atoms with Gasteiger partial charge in [-0.1, -0.05) is 30.4 Å². The van der Waals surface area contributed by atoms with Gasteiger partial charge in [0.15, 0.2) is 23.1 Å². The van der Waals surface area contributed by atoms with Gasteiger partial charge in [-0.05, 0) is 29.8 Å². The van der Waals surface area contributed by atoms with E-state index < -0.39 is 12.3 Å². The van der Waals surface area contributed by atoms with E-state index in [4.69, 9.17) is 18.9 Å². The Labute approximate surface area is 185 Å². The molecule has 0 amide bonds. The Balaban J connectivity index is 1.49. The first-order chi connectivity index (χ1) is 15.6. The van der Waals surface area contributed by atoms with Crippen LogP contribution in [-0.4, -0.2) is 56.9 Å². The number of Topliss-reactive ketones (excluding diaryl/α,β-unsaturated/α-hetero) is 2. The minimum Gasteiger partial charge on any atom is -0.493 e. The molecule has 4 heterocycles. The summed E-state index contributed by atoms with van der Waals surface area (Å²) in [5, 5.41) is 0. The average Bonchev–Trinajstić information content (AvgIpc) is 3.43. The van der Waals surface area contributed by atoms with Crippen LogP contribution in [0.4, 0.5) is 5.69 Å². The molecule has 2 aromatic carbocycles. The number of ketones is 2. The van der Waals surface area contributed by atoms with Crippen LogP contribution in [0.2, 0.25) is 0 Å². The Morgan fingerprint density at radius 1 is 1.09 bits per heavy atom. The number of rotatable bonds is 4. The van der Waals surface area contributed by atoms with Gasteiger partial charge in [-0.15, -0.1) is 0 Å². The first kappa shape index (κ1) is 19.5. The molecule has 0 aliphatic carbocycles. The summed E-state index contributed by atoms with van der Waals surface area (Å²) in [6.45, 7) is 0.319. The second kappa shape index (κ2) is 7.18. The van der Waals surface area contributed by atoms with Crippen molar-refractivity contribution in [2.75, 3.05) is 25.7 Å². The lowest BCUT2D eigenvalue weighted by molar-refractivity contribution is -0.163. The molecular formula is C25H23NO6. The van der Waals surface area contributed by atoms with E-state index in [1.165, 1.54) is 0 Å². The fourth-order valence-electron chi connectivity index (χ4n) is 5.74. The summed E-state index contributed by atoms with van der Waals surface area (Å²) in [6.07, 6.45) is 2.96. The fraction of sp³-hybridized carbons (Fsp3) is 0.360. The van der Waals surface area contributed by atoms with E-state index in [-0.39, 0.29) is 35.5 Å². The van der Waals surface area contributed by atoms with Gasteiger partial charge in [0.25, 0.3) is 0 Å². The molecule has 0 radical (unpaired) electrons. The molecule has 0 saturated carbocycles. The topological polar surface area (TPSA) is 74.3 Å². The molecule has 0 aromatic heterocycles. The number of methoxy groups -OCH3 is 2. The Hall–Kier alpha value is -3.16. The van der Waals surface area contributed by atoms with Gasteiger partial charge in [0.1, 0.15) is 0 Å². The average molecular weight is 433 g/mol. The van der Waals surface area contributed by atoms with Crippen molar-refractivity contribution < 1.29 is 28.5 Å². The number of carbonyl (C=O) groups excluding carboxylic acids is 2. The second-order valence-corrected chi connectivity index (χ2v) is 8.54. The van der Waals surface area contributed by atoms with E-state index in [0.29, 0.717) is 23.7 Å². The highest BCUT2D eigenvalue weighted by Gasteiger charge is 2.63. The molecule has 3 fully saturated rings. The summed E-state index contributed by atoms with van der Waals surface area (Å²) in [4.78, 5) is 29.4. The van der Waals surface area contributed by atoms with Crippen molar-refractivity contribution in [2.45, 2.75) is 24.5 Å². The summed E-state index contributed by atoms with van der Waals surface area (Å²) < 4.78 is 22.3. The quantitative estimate of drug-likeness (QED) is 0.687. The van der Waals surface area contributed by atoms with Crippen LogP contribution in [-0.2, 0) is 14.3 Å². The van der Waals surface area contributed by atoms with Gasteiger partial charge in [0, 0.05) is 17.2 Å². The van der Waals surface area contributed by atoms with Crippen LogP contribution in [0, 0.1) is 11.8 Å². The maximum Gasteiger partial charge on any atom is 0.218 e. The SMILES string of the molecule is COc1ccc(C(=O)[C@@H]2[C@H]3[C@H](C(=O)[C@H]4OC[C@H]3O4)[C@H]3C=Cc4ccccc4N32)cc1OC. The summed E-state index contributed by atoms with van der Waals surface area (Å²) in [5.41, 5.74) is 2.49. The number of para-hydroxylation sites is 1. The highest BCUT2D eigenvalue weighted by Crippen LogP contribution is 2.51. The molecule has 32 heavy (non-hydrogen) atoms. The number of hydrogen-bond acceptors (Lipinski definition) is 7. The van der Waals surface area contributed by atoms with Gasteiger partial charge < -0.3 is 23.8 Å². The molecule has 6 rings (SSSR count). The van der Waals surface area contributed by atoms with Crippen molar-refractivity contribution in [3.8, 4) is 11.5 Å². The molecule has 4 aliphatic rings. The Morgan fingerprint density at radius 2 is 1.91 bits per heavy atom. The number of anilines is 1. The van der Waals surface area contributed by atoms with Crippen molar-refractivity contribution in [3.05, 3.63) is 59.7 Å². The van der Waals surface area contributed by atoms with Crippen molar-refractivity contribution >= 4 is 23.3 Å². The fourth-order valence-corrected chi connectivity index (χ4v) is 5.74. The zero-order valence-corrected chi connectivity index (χ0v) is 17.8. The van der Waals surface area contributed by atoms with Gasteiger partial charge >= 0.3 is 0 Å². The molecule has 164 valence electrons. The third-order valence-corrected chi connectivity index (χ3v) is 7.09. The molecule has 0 spiro atoms. The summed E-state index contributed by atoms with van der Waals surface area (Å²) >= 11 is 0. The molecule has 7 heteroatoms. The predicted molar refractivity (Wildman–Crippen MR) is 116 cm³/mol. The highest BCUT2D eigenvalue weighted by atomic mass is 16.7. The van der Waals surface area contributed by atoms with Crippen LogP contribution >= 0.6 is 0 Å². The maximum absolute atomic E-state index is 14.0. The third kappa shape index (κ3) is 2.61. The van der Waals surface area contributed by atoms with Crippen molar-refractivity contribution in [2.24, 2.45) is 11.8 Å². The van der Waals surface area contributed by atoms with E-state index in [0.717, 1.165) is 11.3 Å². The first-order valence-electron chi connectivity index (χ1n) is 10.7. The van der Waals surface area contributed by atoms with E-state index in [1.54, 1.807) is 32.4 Å². The molecule has 3 saturated heterocycles. The van der Waals surface area contributed by atoms with E-state index in [2.05, 4.69) is 4.90 Å². The first-order valence-corrected chi connectivity index (χ1v) is 10.7. The summed E-state index contributed by atoms with van der Waals surface area (Å²) in [6, 6.07) is 12.4. The number of benzene rings is 2. The molecular weight excluding hydrogens is 410 g/mol. The molecule has 0 unspecified atom stereocenters. The van der Waals surface area contributed by atoms with Crippen molar-refractivity contribution in [3.63, 3.8) is 0 Å². The van der Waals surface area contributed by atoms with Gasteiger partial charge in [0.2, 0.25) is 6.29 Å². The summed E-state index contributed by atoms with van der Waals surface area (Å²) in [7, 11) is 3.10. The van der Waals surface area contributed by atoms with Crippen LogP contribution in [0.25, 0.3) is 6.08 Å². The van der Waals surface area contributed by atoms with Crippen LogP contribution in [0.1, 0.15) is 15.9 Å². The highest BCUT2D eigenvalue weighted by molar-refractivity contribution is 6.05. The maximum atomic E-state index is 14.0. The monoisotopic (exact) mass is 433 g/mol. The van der Waals surface area contributed by atoms with Crippen LogP contribution in [0.3, 0.4) is 0 Å². The lowest BCUT2D eigenvalue weighted by Crippen LogP contribution is -2.48. The van der Waals surface area contributed by atoms with Crippen molar-refractivity contribution in [1.29, 1.82) is 0 Å². The van der Waals surface area contributed by atoms with E-state index in [1.807, 2.05) is 36.4 Å². The molecule has 7 nitrogen and oxygen atoms in total. The lowest BCUT2D eigenvalue weighted by Gasteiger charge is -2.35. The lowest BCUT2D eigenvalue weighted by atomic mass is 9.77. The third-order valence-electron chi connectivity index (χ3n) is 7.09. The van der Waals surface area contributed by atoms with Crippen LogP contribution in [0.5, 0.6) is 11.5 Å². The predicted octanol–water partition coefficient (Wildman–Crippen LogP) is 2.73. The second-order valence-electron chi connectivity index (χ2n) is 8.54. The standard InChI is InChI=1S/C25H23NO6/c1-29-17-10-8-14(11-18(17)30-2)23(27)22-21-19-12-31-25(32-19)24(28)20(21)16-9-7-13-5-3-4-6-15(13)26(16)22/h3-11,16,19-22,25H,12H2,1-2H3/t16-,19-,20-,21-,22+,25+/m1/s1. The Kier molecular flexibility index (Phi) is 4.38. The van der Waals surface area contributed by atoms with Gasteiger partial charge in [-0.25, -0.2) is 0 Å². The zero-order chi connectivity index (χ0) is 22.0. The van der Waals surface area contributed by atoms with E-state index in [9.17, 15) is 9.59 Å². The Bertz CT molecular complexity index is 1140. The number of nitrogens with zero attached hydrogens (tertiary/aromatic N) is 1. The molecule has 6 atom stereocenters. The van der Waals surface area contributed by atoms with Crippen LogP contribution < -0.4 is 14.4 Å². The molecule has 4 aliphatic heterocycles. The number of ether oxygens (including phenoxy) is 4. The van der Waals surface area contributed by atoms with Gasteiger partial charge in [-0.3, -0.25) is 9.59 Å². The molecule has 2 bridgehead atoms. The van der Waals surface area contributed by atoms with Crippen molar-refractivity contribution in [1.82, 2.24) is 0 Å². The zero-order valence-electron chi connectivity index (χ0n) is 17.8. The number of hydrogen-bond donors (Lipinski definition) is 0. The normalized spacial score (nSPS) is 31.7. The minimum atomic E-state index is -0.830. The largest absolute Gasteiger partial charge is 0.493 e. The Morgan fingerprint density at radius 3 is 2.72 bits per heavy atom. The number of fused-ring (bicyclic) bond motifs is 8. The molecule has 0 N–H and O–H groups in total. The number of carbonyl (C=O) groups is 2. The summed E-state index contributed by atoms with van der Waals surface area (Å²) in [5.74, 6) is 0.229. The van der Waals surface area contributed by atoms with Crippen LogP contribution in [0.15, 0.2) is 48.5 Å². The smallest absolute Gasteiger partial charge is 0.218 e. The van der Waals surface area contributed by atoms with E-state index >= 15 is 0 Å². The molecule has 2 aromatic rings.